The Hall–Kier alpha value is -2.37. The molecule has 0 radical (unpaired) electrons. The predicted octanol–water partition coefficient (Wildman–Crippen LogP) is 5.60. The van der Waals surface area contributed by atoms with Crippen LogP contribution in [0.5, 0.6) is 0 Å². The zero-order valence-electron chi connectivity index (χ0n) is 14.3. The lowest BCUT2D eigenvalue weighted by Gasteiger charge is -2.30. The van der Waals surface area contributed by atoms with E-state index in [0.717, 1.165) is 18.6 Å². The number of alkyl halides is 3. The van der Waals surface area contributed by atoms with Crippen LogP contribution in [-0.4, -0.2) is 11.1 Å². The van der Waals surface area contributed by atoms with Gasteiger partial charge in [-0.15, -0.1) is 0 Å². The first-order valence-corrected chi connectivity index (χ1v) is 8.34. The normalized spacial score (nSPS) is 14.0. The van der Waals surface area contributed by atoms with Gasteiger partial charge in [0.05, 0.1) is 11.0 Å². The number of carboxylic acids is 1. The Bertz CT molecular complexity index is 736. The number of carbonyl (C=O) groups is 1. The summed E-state index contributed by atoms with van der Waals surface area (Å²) in [6.07, 6.45) is -2.70. The van der Waals surface area contributed by atoms with Gasteiger partial charge < -0.3 is 5.11 Å². The largest absolute Gasteiger partial charge is 0.481 e. The molecule has 0 heterocycles. The summed E-state index contributed by atoms with van der Waals surface area (Å²) in [6.45, 7) is 1.93. The van der Waals surface area contributed by atoms with Gasteiger partial charge in [-0.05, 0) is 48.2 Å². The van der Waals surface area contributed by atoms with Crippen LogP contribution >= 0.6 is 0 Å². The summed E-state index contributed by atoms with van der Waals surface area (Å²) in [6, 6.07) is 9.77. The van der Waals surface area contributed by atoms with Crippen LogP contribution in [0.15, 0.2) is 48.5 Å². The maximum Gasteiger partial charge on any atom is 0.416 e. The smallest absolute Gasteiger partial charge is 0.416 e. The van der Waals surface area contributed by atoms with Crippen molar-refractivity contribution in [2.45, 2.75) is 44.2 Å². The summed E-state index contributed by atoms with van der Waals surface area (Å²) in [5.74, 6) is -1.55. The second-order valence-corrected chi connectivity index (χ2v) is 6.37. The molecule has 0 spiro atoms. The molecule has 1 atom stereocenters. The third-order valence-electron chi connectivity index (χ3n) is 4.55. The van der Waals surface area contributed by atoms with Crippen LogP contribution in [0, 0.1) is 5.82 Å². The molecule has 0 aliphatic heterocycles. The second kappa shape index (κ2) is 7.89. The third kappa shape index (κ3) is 4.42. The molecule has 0 bridgehead atoms. The Labute approximate surface area is 149 Å². The summed E-state index contributed by atoms with van der Waals surface area (Å²) >= 11 is 0. The van der Waals surface area contributed by atoms with Crippen molar-refractivity contribution in [3.63, 3.8) is 0 Å². The minimum Gasteiger partial charge on any atom is -0.481 e. The van der Waals surface area contributed by atoms with Gasteiger partial charge in [0.1, 0.15) is 5.82 Å². The van der Waals surface area contributed by atoms with Crippen molar-refractivity contribution in [3.05, 3.63) is 71.0 Å². The SMILES string of the molecule is CCCC[C@](Cc1ccc(C(F)(F)F)cc1)(C(=O)O)c1ccc(F)cc1. The molecule has 0 saturated heterocycles. The Balaban J connectivity index is 2.43. The fourth-order valence-corrected chi connectivity index (χ4v) is 3.05. The average Bonchev–Trinajstić information content (AvgIpc) is 2.59. The maximum absolute atomic E-state index is 13.3. The van der Waals surface area contributed by atoms with Crippen LogP contribution in [0.3, 0.4) is 0 Å². The number of aliphatic carboxylic acids is 1. The Morgan fingerprint density at radius 2 is 1.50 bits per heavy atom. The Kier molecular flexibility index (Phi) is 6.05. The van der Waals surface area contributed by atoms with Gasteiger partial charge in [-0.3, -0.25) is 4.79 Å². The first-order valence-electron chi connectivity index (χ1n) is 8.34. The van der Waals surface area contributed by atoms with E-state index < -0.39 is 28.9 Å². The van der Waals surface area contributed by atoms with E-state index >= 15 is 0 Å². The van der Waals surface area contributed by atoms with E-state index in [1.807, 2.05) is 6.92 Å². The molecule has 0 fully saturated rings. The van der Waals surface area contributed by atoms with Crippen LogP contribution in [0.4, 0.5) is 17.6 Å². The molecular formula is C20H20F4O2. The molecule has 1 N–H and O–H groups in total. The predicted molar refractivity (Wildman–Crippen MR) is 90.4 cm³/mol. The van der Waals surface area contributed by atoms with Gasteiger partial charge in [-0.1, -0.05) is 44.0 Å². The maximum atomic E-state index is 13.3. The molecule has 0 aliphatic carbocycles. The van der Waals surface area contributed by atoms with E-state index in [1.165, 1.54) is 36.4 Å². The molecule has 26 heavy (non-hydrogen) atoms. The third-order valence-corrected chi connectivity index (χ3v) is 4.55. The van der Waals surface area contributed by atoms with Crippen LogP contribution in [0.1, 0.15) is 42.9 Å². The van der Waals surface area contributed by atoms with Crippen LogP contribution in [-0.2, 0) is 22.8 Å². The molecule has 0 aliphatic rings. The molecule has 140 valence electrons. The van der Waals surface area contributed by atoms with Gasteiger partial charge in [0.2, 0.25) is 0 Å². The van der Waals surface area contributed by atoms with Gasteiger partial charge >= 0.3 is 12.1 Å². The lowest BCUT2D eigenvalue weighted by molar-refractivity contribution is -0.144. The number of benzene rings is 2. The molecule has 2 aromatic rings. The Morgan fingerprint density at radius 1 is 0.962 bits per heavy atom. The molecule has 0 aromatic heterocycles. The number of halogens is 4. The second-order valence-electron chi connectivity index (χ2n) is 6.37. The van der Waals surface area contributed by atoms with E-state index in [0.29, 0.717) is 24.0 Å². The van der Waals surface area contributed by atoms with Gasteiger partial charge in [-0.25, -0.2) is 4.39 Å². The highest BCUT2D eigenvalue weighted by Gasteiger charge is 2.40. The topological polar surface area (TPSA) is 37.3 Å². The van der Waals surface area contributed by atoms with Crippen molar-refractivity contribution >= 4 is 5.97 Å². The highest BCUT2D eigenvalue weighted by Crippen LogP contribution is 2.36. The summed E-state index contributed by atoms with van der Waals surface area (Å²) in [4.78, 5) is 12.2. The fourth-order valence-electron chi connectivity index (χ4n) is 3.05. The van der Waals surface area contributed by atoms with Gasteiger partial charge in [0.15, 0.2) is 0 Å². The molecule has 6 heteroatoms. The highest BCUT2D eigenvalue weighted by molar-refractivity contribution is 5.82. The van der Waals surface area contributed by atoms with Crippen LogP contribution in [0.2, 0.25) is 0 Å². The van der Waals surface area contributed by atoms with Crippen molar-refractivity contribution in [1.29, 1.82) is 0 Å². The number of unbranched alkanes of at least 4 members (excludes halogenated alkanes) is 1. The quantitative estimate of drug-likeness (QED) is 0.646. The van der Waals surface area contributed by atoms with E-state index in [9.17, 15) is 27.5 Å². The monoisotopic (exact) mass is 368 g/mol. The molecule has 2 nitrogen and oxygen atoms in total. The van der Waals surface area contributed by atoms with E-state index in [4.69, 9.17) is 0 Å². The molecule has 0 unspecified atom stereocenters. The van der Waals surface area contributed by atoms with E-state index in [2.05, 4.69) is 0 Å². The summed E-state index contributed by atoms with van der Waals surface area (Å²) in [7, 11) is 0. The first kappa shape index (κ1) is 19.9. The van der Waals surface area contributed by atoms with E-state index in [-0.39, 0.29) is 6.42 Å². The van der Waals surface area contributed by atoms with Crippen LogP contribution < -0.4 is 0 Å². The summed E-state index contributed by atoms with van der Waals surface area (Å²) in [5, 5.41) is 9.94. The van der Waals surface area contributed by atoms with Gasteiger partial charge in [0.25, 0.3) is 0 Å². The minimum atomic E-state index is -4.44. The number of rotatable bonds is 7. The standard InChI is InChI=1S/C20H20F4O2/c1-2-3-12-19(18(25)26,15-8-10-17(21)11-9-15)13-14-4-6-16(7-5-14)20(22,23)24/h4-11H,2-3,12-13H2,1H3,(H,25,26)/t19-/m1/s1. The number of carboxylic acid groups (broad SMARTS) is 1. The zero-order valence-corrected chi connectivity index (χ0v) is 14.3. The molecular weight excluding hydrogens is 348 g/mol. The fraction of sp³-hybridized carbons (Fsp3) is 0.350. The number of hydrogen-bond acceptors (Lipinski definition) is 1. The van der Waals surface area contributed by atoms with Crippen molar-refractivity contribution in [3.8, 4) is 0 Å². The molecule has 0 amide bonds. The molecule has 0 saturated carbocycles. The average molecular weight is 368 g/mol. The summed E-state index contributed by atoms with van der Waals surface area (Å²) in [5.41, 5.74) is -1.17. The van der Waals surface area contributed by atoms with Crippen molar-refractivity contribution in [1.82, 2.24) is 0 Å². The first-order chi connectivity index (χ1) is 12.2. The molecule has 2 rings (SSSR count). The van der Waals surface area contributed by atoms with Crippen molar-refractivity contribution in [2.75, 3.05) is 0 Å². The van der Waals surface area contributed by atoms with Crippen LogP contribution in [0.25, 0.3) is 0 Å². The lowest BCUT2D eigenvalue weighted by Crippen LogP contribution is -2.38. The highest BCUT2D eigenvalue weighted by atomic mass is 19.4. The number of hydrogen-bond donors (Lipinski definition) is 1. The molecule has 2 aromatic carbocycles. The minimum absolute atomic E-state index is 0.0338. The van der Waals surface area contributed by atoms with Crippen molar-refractivity contribution in [2.24, 2.45) is 0 Å². The van der Waals surface area contributed by atoms with Gasteiger partial charge in [0, 0.05) is 0 Å². The zero-order chi connectivity index (χ0) is 19.4. The summed E-state index contributed by atoms with van der Waals surface area (Å²) < 4.78 is 51.4. The van der Waals surface area contributed by atoms with E-state index in [1.54, 1.807) is 0 Å². The van der Waals surface area contributed by atoms with Gasteiger partial charge in [-0.2, -0.15) is 13.2 Å². The lowest BCUT2D eigenvalue weighted by atomic mass is 9.72. The van der Waals surface area contributed by atoms with Crippen molar-refractivity contribution < 1.29 is 27.5 Å². The Morgan fingerprint density at radius 3 is 1.96 bits per heavy atom.